The Kier molecular flexibility index (Phi) is 7.85. The summed E-state index contributed by atoms with van der Waals surface area (Å²) in [4.78, 5) is 28.2. The third-order valence-corrected chi connectivity index (χ3v) is 6.32. The van der Waals surface area contributed by atoms with Crippen LogP contribution in [0.5, 0.6) is 11.5 Å². The maximum absolute atomic E-state index is 13.6. The SMILES string of the molecule is CNC(=O)[C@H](Cc1ccccc1)N(Cc1cccc(Br)c1)C(=O)CCc1ccc2c(c1)OCO2. The van der Waals surface area contributed by atoms with Gasteiger partial charge in [0, 0.05) is 30.9 Å². The van der Waals surface area contributed by atoms with E-state index in [2.05, 4.69) is 21.2 Å². The number of nitrogens with one attached hydrogen (secondary N) is 1. The van der Waals surface area contributed by atoms with Gasteiger partial charge in [-0.15, -0.1) is 0 Å². The van der Waals surface area contributed by atoms with Gasteiger partial charge in [0.15, 0.2) is 11.5 Å². The molecule has 3 aromatic rings. The molecule has 176 valence electrons. The van der Waals surface area contributed by atoms with Crippen molar-refractivity contribution in [3.63, 3.8) is 0 Å². The molecule has 0 spiro atoms. The Labute approximate surface area is 208 Å². The van der Waals surface area contributed by atoms with Crippen molar-refractivity contribution in [2.75, 3.05) is 13.8 Å². The third kappa shape index (κ3) is 5.97. The molecule has 0 aromatic heterocycles. The number of likely N-dealkylation sites (N-methyl/N-ethyl adjacent to an activating group) is 1. The Morgan fingerprint density at radius 3 is 2.47 bits per heavy atom. The van der Waals surface area contributed by atoms with Crippen LogP contribution in [0.15, 0.2) is 77.3 Å². The summed E-state index contributed by atoms with van der Waals surface area (Å²) in [5.41, 5.74) is 2.94. The number of carbonyl (C=O) groups excluding carboxylic acids is 2. The molecule has 3 aromatic carbocycles. The number of ether oxygens (including phenoxy) is 2. The van der Waals surface area contributed by atoms with Gasteiger partial charge in [-0.05, 0) is 47.4 Å². The van der Waals surface area contributed by atoms with Gasteiger partial charge >= 0.3 is 0 Å². The average molecular weight is 523 g/mol. The summed E-state index contributed by atoms with van der Waals surface area (Å²) in [7, 11) is 1.61. The molecule has 1 N–H and O–H groups in total. The van der Waals surface area contributed by atoms with E-state index in [1.54, 1.807) is 11.9 Å². The second-order valence-corrected chi connectivity index (χ2v) is 9.07. The number of nitrogens with zero attached hydrogens (tertiary/aromatic N) is 1. The fraction of sp³-hybridized carbons (Fsp3) is 0.259. The lowest BCUT2D eigenvalue weighted by atomic mass is 10.0. The summed E-state index contributed by atoms with van der Waals surface area (Å²) < 4.78 is 11.8. The van der Waals surface area contributed by atoms with Crippen LogP contribution in [0.2, 0.25) is 0 Å². The number of carbonyl (C=O) groups is 2. The molecule has 4 rings (SSSR count). The van der Waals surface area contributed by atoms with Gasteiger partial charge in [-0.1, -0.05) is 64.5 Å². The van der Waals surface area contributed by atoms with Crippen molar-refractivity contribution in [3.8, 4) is 11.5 Å². The normalized spacial score (nSPS) is 12.8. The Morgan fingerprint density at radius 1 is 0.941 bits per heavy atom. The highest BCUT2D eigenvalue weighted by Crippen LogP contribution is 2.33. The van der Waals surface area contributed by atoms with Crippen LogP contribution in [0.25, 0.3) is 0 Å². The average Bonchev–Trinajstić information content (AvgIpc) is 3.33. The molecule has 0 bridgehead atoms. The van der Waals surface area contributed by atoms with E-state index in [0.717, 1.165) is 21.2 Å². The van der Waals surface area contributed by atoms with Crippen molar-refractivity contribution in [1.29, 1.82) is 0 Å². The van der Waals surface area contributed by atoms with E-state index in [1.165, 1.54) is 0 Å². The summed E-state index contributed by atoms with van der Waals surface area (Å²) >= 11 is 3.50. The Bertz CT molecular complexity index is 1150. The molecule has 1 aliphatic rings. The van der Waals surface area contributed by atoms with E-state index in [1.807, 2.05) is 72.8 Å². The van der Waals surface area contributed by atoms with Crippen LogP contribution in [0, 0.1) is 0 Å². The van der Waals surface area contributed by atoms with Crippen LogP contribution >= 0.6 is 15.9 Å². The number of halogens is 1. The zero-order chi connectivity index (χ0) is 23.9. The molecular weight excluding hydrogens is 496 g/mol. The molecule has 6 nitrogen and oxygen atoms in total. The van der Waals surface area contributed by atoms with E-state index in [4.69, 9.17) is 9.47 Å². The summed E-state index contributed by atoms with van der Waals surface area (Å²) in [6.45, 7) is 0.551. The molecule has 1 heterocycles. The van der Waals surface area contributed by atoms with Crippen LogP contribution in [-0.4, -0.2) is 36.6 Å². The minimum absolute atomic E-state index is 0.0813. The van der Waals surface area contributed by atoms with Crippen molar-refractivity contribution in [2.24, 2.45) is 0 Å². The van der Waals surface area contributed by atoms with E-state index in [9.17, 15) is 9.59 Å². The summed E-state index contributed by atoms with van der Waals surface area (Å²) in [5.74, 6) is 1.15. The molecule has 1 aliphatic heterocycles. The minimum atomic E-state index is -0.629. The van der Waals surface area contributed by atoms with Gasteiger partial charge in [0.1, 0.15) is 6.04 Å². The molecule has 2 amide bonds. The smallest absolute Gasteiger partial charge is 0.242 e. The summed E-state index contributed by atoms with van der Waals surface area (Å²) in [5, 5.41) is 2.75. The highest BCUT2D eigenvalue weighted by Gasteiger charge is 2.29. The number of hydrogen-bond donors (Lipinski definition) is 1. The summed E-state index contributed by atoms with van der Waals surface area (Å²) in [6.07, 6.45) is 1.25. The molecule has 34 heavy (non-hydrogen) atoms. The monoisotopic (exact) mass is 522 g/mol. The van der Waals surface area contributed by atoms with Gasteiger partial charge in [0.05, 0.1) is 0 Å². The molecule has 0 saturated heterocycles. The zero-order valence-corrected chi connectivity index (χ0v) is 20.6. The van der Waals surface area contributed by atoms with Gasteiger partial charge in [-0.3, -0.25) is 9.59 Å². The van der Waals surface area contributed by atoms with E-state index >= 15 is 0 Å². The lowest BCUT2D eigenvalue weighted by Gasteiger charge is -2.31. The molecule has 1 atom stereocenters. The minimum Gasteiger partial charge on any atom is -0.454 e. The molecule has 7 heteroatoms. The molecule has 0 fully saturated rings. The molecule has 0 unspecified atom stereocenters. The van der Waals surface area contributed by atoms with Crippen molar-refractivity contribution in [1.82, 2.24) is 10.2 Å². The van der Waals surface area contributed by atoms with Crippen molar-refractivity contribution in [2.45, 2.75) is 31.8 Å². The number of rotatable bonds is 9. The van der Waals surface area contributed by atoms with Gasteiger partial charge in [-0.25, -0.2) is 0 Å². The summed E-state index contributed by atoms with van der Waals surface area (Å²) in [6, 6.07) is 22.7. The first-order valence-electron chi connectivity index (χ1n) is 11.2. The zero-order valence-electron chi connectivity index (χ0n) is 19.0. The number of hydrogen-bond acceptors (Lipinski definition) is 4. The maximum atomic E-state index is 13.6. The highest BCUT2D eigenvalue weighted by atomic mass is 79.9. The lowest BCUT2D eigenvalue weighted by molar-refractivity contribution is -0.141. The highest BCUT2D eigenvalue weighted by molar-refractivity contribution is 9.10. The van der Waals surface area contributed by atoms with Crippen LogP contribution in [-0.2, 0) is 29.0 Å². The first kappa shape index (κ1) is 23.8. The Morgan fingerprint density at radius 2 is 1.71 bits per heavy atom. The first-order valence-corrected chi connectivity index (χ1v) is 12.0. The van der Waals surface area contributed by atoms with Crippen LogP contribution in [0.3, 0.4) is 0 Å². The van der Waals surface area contributed by atoms with Crippen molar-refractivity contribution in [3.05, 3.63) is 94.0 Å². The van der Waals surface area contributed by atoms with E-state index in [-0.39, 0.29) is 25.0 Å². The fourth-order valence-electron chi connectivity index (χ4n) is 4.04. The van der Waals surface area contributed by atoms with Gasteiger partial charge in [-0.2, -0.15) is 0 Å². The van der Waals surface area contributed by atoms with Crippen LogP contribution in [0.4, 0.5) is 0 Å². The van der Waals surface area contributed by atoms with Crippen LogP contribution < -0.4 is 14.8 Å². The van der Waals surface area contributed by atoms with E-state index < -0.39 is 6.04 Å². The van der Waals surface area contributed by atoms with Gasteiger partial charge in [0.2, 0.25) is 18.6 Å². The Hall–Kier alpha value is -3.32. The predicted octanol–water partition coefficient (Wildman–Crippen LogP) is 4.50. The van der Waals surface area contributed by atoms with Crippen molar-refractivity contribution < 1.29 is 19.1 Å². The predicted molar refractivity (Wildman–Crippen MR) is 134 cm³/mol. The Balaban J connectivity index is 1.57. The second-order valence-electron chi connectivity index (χ2n) is 8.16. The number of amides is 2. The topological polar surface area (TPSA) is 67.9 Å². The van der Waals surface area contributed by atoms with Crippen molar-refractivity contribution >= 4 is 27.7 Å². The van der Waals surface area contributed by atoms with E-state index in [0.29, 0.717) is 30.9 Å². The molecule has 0 radical (unpaired) electrons. The molecule has 0 saturated carbocycles. The molecule has 0 aliphatic carbocycles. The number of aryl methyl sites for hydroxylation is 1. The standard InChI is InChI=1S/C27H27BrN2O4/c1-29-27(32)23(15-19-6-3-2-4-7-19)30(17-21-8-5-9-22(28)14-21)26(31)13-11-20-10-12-24-25(16-20)34-18-33-24/h2-10,12,14,16,23H,11,13,15,17-18H2,1H3,(H,29,32)/t23-/m0/s1. The fourth-order valence-corrected chi connectivity index (χ4v) is 4.49. The third-order valence-electron chi connectivity index (χ3n) is 5.82. The number of fused-ring (bicyclic) bond motifs is 1. The van der Waals surface area contributed by atoms with Gasteiger partial charge in [0.25, 0.3) is 0 Å². The van der Waals surface area contributed by atoms with Gasteiger partial charge < -0.3 is 19.7 Å². The first-order chi connectivity index (χ1) is 16.5. The number of benzene rings is 3. The maximum Gasteiger partial charge on any atom is 0.242 e. The largest absolute Gasteiger partial charge is 0.454 e. The molecular formula is C27H27BrN2O4. The quantitative estimate of drug-likeness (QED) is 0.449. The second kappa shape index (κ2) is 11.2. The lowest BCUT2D eigenvalue weighted by Crippen LogP contribution is -2.49. The van der Waals surface area contributed by atoms with Crippen LogP contribution in [0.1, 0.15) is 23.1 Å².